The molecule has 0 saturated heterocycles. The Morgan fingerprint density at radius 2 is 1.84 bits per heavy atom. The van der Waals surface area contributed by atoms with Crippen LogP contribution in [0.25, 0.3) is 22.5 Å². The van der Waals surface area contributed by atoms with E-state index in [1.807, 2.05) is 41.8 Å². The van der Waals surface area contributed by atoms with Gasteiger partial charge in [0.25, 0.3) is 0 Å². The third kappa shape index (κ3) is 3.82. The summed E-state index contributed by atoms with van der Waals surface area (Å²) in [5.41, 5.74) is 8.09. The van der Waals surface area contributed by atoms with Crippen molar-refractivity contribution in [1.82, 2.24) is 14.8 Å². The number of nitrogens with one attached hydrogen (secondary N) is 2. The molecule has 1 amide bonds. The number of H-pyrrole nitrogens is 1. The third-order valence-corrected chi connectivity index (χ3v) is 6.02. The predicted octanol–water partition coefficient (Wildman–Crippen LogP) is 5.52. The van der Waals surface area contributed by atoms with Gasteiger partial charge in [-0.1, -0.05) is 60.2 Å². The highest BCUT2D eigenvalue weighted by Gasteiger charge is 2.18. The zero-order valence-corrected chi connectivity index (χ0v) is 18.0. The number of benzene rings is 3. The van der Waals surface area contributed by atoms with Crippen LogP contribution >= 0.6 is 12.2 Å². The number of aryl methyl sites for hydroxylation is 1. The minimum absolute atomic E-state index is 0.0478. The predicted molar refractivity (Wildman–Crippen MR) is 126 cm³/mol. The normalized spacial score (nSPS) is 11.8. The minimum atomic E-state index is -0.0478. The topological polar surface area (TPSA) is 62.7 Å². The van der Waals surface area contributed by atoms with Crippen LogP contribution in [0.5, 0.6) is 0 Å². The van der Waals surface area contributed by atoms with Crippen LogP contribution in [0.1, 0.15) is 23.1 Å². The van der Waals surface area contributed by atoms with Gasteiger partial charge in [0, 0.05) is 24.2 Å². The Hall–Kier alpha value is -3.51. The molecule has 0 bridgehead atoms. The number of carbonyl (C=O) groups excluding carboxylic acids is 1. The van der Waals surface area contributed by atoms with E-state index in [0.29, 0.717) is 17.7 Å². The van der Waals surface area contributed by atoms with Gasteiger partial charge in [-0.3, -0.25) is 14.5 Å². The van der Waals surface area contributed by atoms with Crippen molar-refractivity contribution in [3.05, 3.63) is 88.2 Å². The van der Waals surface area contributed by atoms with Crippen LogP contribution < -0.4 is 5.32 Å². The van der Waals surface area contributed by atoms with Crippen LogP contribution in [-0.4, -0.2) is 20.7 Å². The van der Waals surface area contributed by atoms with Crippen LogP contribution in [0.15, 0.2) is 66.7 Å². The van der Waals surface area contributed by atoms with Gasteiger partial charge in [0.15, 0.2) is 10.6 Å². The van der Waals surface area contributed by atoms with Gasteiger partial charge in [0.1, 0.15) is 0 Å². The fourth-order valence-electron chi connectivity index (χ4n) is 4.11. The molecular formula is C25H22N4OS. The highest BCUT2D eigenvalue weighted by molar-refractivity contribution is 7.71. The van der Waals surface area contributed by atoms with Crippen molar-refractivity contribution in [3.8, 4) is 22.5 Å². The molecule has 0 unspecified atom stereocenters. The van der Waals surface area contributed by atoms with Crippen LogP contribution in [0.3, 0.4) is 0 Å². The van der Waals surface area contributed by atoms with Gasteiger partial charge in [-0.2, -0.15) is 5.10 Å². The summed E-state index contributed by atoms with van der Waals surface area (Å²) in [6.45, 7) is 2.50. The number of rotatable bonds is 5. The maximum atomic E-state index is 12.6. The first kappa shape index (κ1) is 19.5. The van der Waals surface area contributed by atoms with Gasteiger partial charge in [-0.15, -0.1) is 0 Å². The molecule has 6 heteroatoms. The molecule has 5 nitrogen and oxygen atoms in total. The van der Waals surface area contributed by atoms with E-state index in [-0.39, 0.29) is 5.91 Å². The average molecular weight is 427 g/mol. The van der Waals surface area contributed by atoms with Crippen molar-refractivity contribution >= 4 is 23.8 Å². The first-order valence-electron chi connectivity index (χ1n) is 10.3. The third-order valence-electron chi connectivity index (χ3n) is 5.71. The van der Waals surface area contributed by atoms with Gasteiger partial charge in [0.05, 0.1) is 0 Å². The van der Waals surface area contributed by atoms with Crippen molar-refractivity contribution < 1.29 is 4.79 Å². The Morgan fingerprint density at radius 1 is 1.06 bits per heavy atom. The SMILES string of the molecule is Cc1ccc(-c2n[nH]c(=S)n2CCC(=O)Nc2ccc3c(c2)Cc2ccccc2-3)cc1. The number of aromatic nitrogens is 3. The molecule has 0 radical (unpaired) electrons. The van der Waals surface area contributed by atoms with E-state index in [1.165, 1.54) is 27.8 Å². The zero-order chi connectivity index (χ0) is 21.4. The first-order chi connectivity index (χ1) is 15.1. The maximum Gasteiger partial charge on any atom is 0.226 e. The van der Waals surface area contributed by atoms with Crippen molar-refractivity contribution in [2.75, 3.05) is 5.32 Å². The molecule has 0 aliphatic heterocycles. The Kier molecular flexibility index (Phi) is 5.00. The summed E-state index contributed by atoms with van der Waals surface area (Å²) >= 11 is 5.38. The molecule has 0 fully saturated rings. The standard InChI is InChI=1S/C25H22N4OS/c1-16-6-8-17(9-7-16)24-27-28-25(31)29(24)13-12-23(30)26-20-10-11-22-19(15-20)14-18-4-2-3-5-21(18)22/h2-11,15H,12-14H2,1H3,(H,26,30)(H,28,31). The lowest BCUT2D eigenvalue weighted by Gasteiger charge is -2.10. The van der Waals surface area contributed by atoms with E-state index >= 15 is 0 Å². The van der Waals surface area contributed by atoms with Gasteiger partial charge in [-0.25, -0.2) is 0 Å². The zero-order valence-electron chi connectivity index (χ0n) is 17.2. The van der Waals surface area contributed by atoms with E-state index in [4.69, 9.17) is 12.2 Å². The number of hydrogen-bond donors (Lipinski definition) is 2. The summed E-state index contributed by atoms with van der Waals surface area (Å²) in [4.78, 5) is 12.6. The van der Waals surface area contributed by atoms with E-state index < -0.39 is 0 Å². The Labute approximate surface area is 185 Å². The number of fused-ring (bicyclic) bond motifs is 3. The van der Waals surface area contributed by atoms with Crippen molar-refractivity contribution in [1.29, 1.82) is 0 Å². The van der Waals surface area contributed by atoms with E-state index in [1.54, 1.807) is 0 Å². The van der Waals surface area contributed by atoms with E-state index in [2.05, 4.69) is 51.9 Å². The fourth-order valence-corrected chi connectivity index (χ4v) is 4.33. The molecule has 0 saturated carbocycles. The maximum absolute atomic E-state index is 12.6. The van der Waals surface area contributed by atoms with Gasteiger partial charge >= 0.3 is 0 Å². The molecule has 0 atom stereocenters. The van der Waals surface area contributed by atoms with Gasteiger partial charge < -0.3 is 5.32 Å². The molecule has 2 N–H and O–H groups in total. The average Bonchev–Trinajstić information content (AvgIpc) is 3.32. The molecule has 1 aromatic heterocycles. The monoisotopic (exact) mass is 426 g/mol. The molecule has 0 spiro atoms. The smallest absolute Gasteiger partial charge is 0.226 e. The molecular weight excluding hydrogens is 404 g/mol. The van der Waals surface area contributed by atoms with Gasteiger partial charge in [0.2, 0.25) is 5.91 Å². The second-order valence-corrected chi connectivity index (χ2v) is 8.26. The Morgan fingerprint density at radius 3 is 2.68 bits per heavy atom. The number of nitrogens with zero attached hydrogens (tertiary/aromatic N) is 2. The summed E-state index contributed by atoms with van der Waals surface area (Å²) in [5.74, 6) is 0.696. The molecule has 1 aliphatic carbocycles. The molecule has 3 aromatic carbocycles. The van der Waals surface area contributed by atoms with Crippen molar-refractivity contribution in [2.45, 2.75) is 26.3 Å². The van der Waals surface area contributed by atoms with Crippen molar-refractivity contribution in [2.24, 2.45) is 0 Å². The lowest BCUT2D eigenvalue weighted by atomic mass is 10.1. The van der Waals surface area contributed by atoms with Crippen LogP contribution in [0.2, 0.25) is 0 Å². The summed E-state index contributed by atoms with van der Waals surface area (Å²) in [5, 5.41) is 10.2. The number of aromatic amines is 1. The summed E-state index contributed by atoms with van der Waals surface area (Å²) in [6.07, 6.45) is 1.21. The summed E-state index contributed by atoms with van der Waals surface area (Å²) in [7, 11) is 0. The van der Waals surface area contributed by atoms with Gasteiger partial charge in [-0.05, 0) is 59.9 Å². The Bertz CT molecular complexity index is 1330. The quantitative estimate of drug-likeness (QED) is 0.364. The Balaban J connectivity index is 1.28. The molecule has 1 aliphatic rings. The van der Waals surface area contributed by atoms with E-state index in [0.717, 1.165) is 23.5 Å². The molecule has 154 valence electrons. The molecule has 1 heterocycles. The number of anilines is 1. The second-order valence-electron chi connectivity index (χ2n) is 7.87. The van der Waals surface area contributed by atoms with Crippen LogP contribution in [-0.2, 0) is 17.8 Å². The molecule has 4 aromatic rings. The molecule has 5 rings (SSSR count). The highest BCUT2D eigenvalue weighted by atomic mass is 32.1. The summed E-state index contributed by atoms with van der Waals surface area (Å²) < 4.78 is 2.39. The fraction of sp³-hybridized carbons (Fsp3) is 0.160. The number of amides is 1. The van der Waals surface area contributed by atoms with Crippen molar-refractivity contribution in [3.63, 3.8) is 0 Å². The largest absolute Gasteiger partial charge is 0.326 e. The number of hydrogen-bond acceptors (Lipinski definition) is 3. The number of carbonyl (C=O) groups is 1. The molecule has 31 heavy (non-hydrogen) atoms. The second kappa shape index (κ2) is 7.96. The first-order valence-corrected chi connectivity index (χ1v) is 10.7. The van der Waals surface area contributed by atoms with Crippen LogP contribution in [0.4, 0.5) is 5.69 Å². The lowest BCUT2D eigenvalue weighted by molar-refractivity contribution is -0.116. The lowest BCUT2D eigenvalue weighted by Crippen LogP contribution is -2.15. The van der Waals surface area contributed by atoms with E-state index in [9.17, 15) is 4.79 Å². The highest BCUT2D eigenvalue weighted by Crippen LogP contribution is 2.37. The minimum Gasteiger partial charge on any atom is -0.326 e. The summed E-state index contributed by atoms with van der Waals surface area (Å²) in [6, 6.07) is 22.7. The van der Waals surface area contributed by atoms with Crippen LogP contribution in [0, 0.1) is 11.7 Å².